The Morgan fingerprint density at radius 3 is 2.54 bits per heavy atom. The van der Waals surface area contributed by atoms with Crippen molar-refractivity contribution in [1.29, 1.82) is 0 Å². The normalized spacial score (nSPS) is 22.7. The number of carbonyl (C=O) groups is 2. The molecule has 0 aromatic carbocycles. The third-order valence-corrected chi connectivity index (χ3v) is 8.15. The lowest BCUT2D eigenvalue weighted by atomic mass is 10.1. The van der Waals surface area contributed by atoms with Crippen LogP contribution in [0.5, 0.6) is 0 Å². The van der Waals surface area contributed by atoms with E-state index >= 15 is 0 Å². The standard InChI is InChI=1S/C14H18N2O5S3/c17-13(15-3-1-10(9-15)14(18)19)12-11(2-6-23-12)24(20,21)16-4-7-22-8-5-16/h2,6,10H,1,3-5,7-9H2,(H,18,19). The second-order valence-corrected chi connectivity index (χ2v) is 9.75. The second-order valence-electron chi connectivity index (χ2n) is 5.71. The lowest BCUT2D eigenvalue weighted by molar-refractivity contribution is -0.141. The molecule has 0 saturated carbocycles. The summed E-state index contributed by atoms with van der Waals surface area (Å²) in [6, 6.07) is 1.47. The maximum Gasteiger partial charge on any atom is 0.308 e. The zero-order chi connectivity index (χ0) is 17.3. The first-order chi connectivity index (χ1) is 11.4. The summed E-state index contributed by atoms with van der Waals surface area (Å²) in [6.45, 7) is 1.36. The molecule has 0 aliphatic carbocycles. The predicted molar refractivity (Wildman–Crippen MR) is 92.0 cm³/mol. The van der Waals surface area contributed by atoms with Crippen LogP contribution in [0.25, 0.3) is 0 Å². The highest BCUT2D eigenvalue weighted by molar-refractivity contribution is 7.99. The topological polar surface area (TPSA) is 95.0 Å². The van der Waals surface area contributed by atoms with Crippen LogP contribution in [-0.4, -0.2) is 72.3 Å². The highest BCUT2D eigenvalue weighted by Crippen LogP contribution is 2.29. The van der Waals surface area contributed by atoms with E-state index in [1.54, 1.807) is 17.1 Å². The van der Waals surface area contributed by atoms with E-state index in [0.717, 1.165) is 22.8 Å². The van der Waals surface area contributed by atoms with Crippen molar-refractivity contribution in [2.24, 2.45) is 5.92 Å². The maximum atomic E-state index is 12.8. The molecule has 1 aromatic heterocycles. The van der Waals surface area contributed by atoms with Crippen LogP contribution < -0.4 is 0 Å². The number of hydrogen-bond acceptors (Lipinski definition) is 6. The van der Waals surface area contributed by atoms with Crippen LogP contribution in [0.3, 0.4) is 0 Å². The minimum Gasteiger partial charge on any atom is -0.481 e. The number of hydrogen-bond donors (Lipinski definition) is 1. The van der Waals surface area contributed by atoms with Crippen molar-refractivity contribution in [3.8, 4) is 0 Å². The summed E-state index contributed by atoms with van der Waals surface area (Å²) in [4.78, 5) is 25.4. The molecule has 3 rings (SSSR count). The molecule has 1 N–H and O–H groups in total. The van der Waals surface area contributed by atoms with Gasteiger partial charge in [0.05, 0.1) is 5.92 Å². The van der Waals surface area contributed by atoms with Crippen LogP contribution in [0.1, 0.15) is 16.1 Å². The van der Waals surface area contributed by atoms with E-state index in [0.29, 0.717) is 26.1 Å². The molecule has 2 aliphatic rings. The Labute approximate surface area is 148 Å². The summed E-state index contributed by atoms with van der Waals surface area (Å²) in [5.74, 6) is -0.389. The third-order valence-electron chi connectivity index (χ3n) is 4.24. The van der Waals surface area contributed by atoms with Gasteiger partial charge in [0.2, 0.25) is 10.0 Å². The number of aliphatic carboxylic acids is 1. The van der Waals surface area contributed by atoms with Crippen LogP contribution in [0.15, 0.2) is 16.3 Å². The molecule has 2 aliphatic heterocycles. The van der Waals surface area contributed by atoms with Crippen LogP contribution in [0.2, 0.25) is 0 Å². The average Bonchev–Trinajstić information content (AvgIpc) is 3.25. The largest absolute Gasteiger partial charge is 0.481 e. The van der Waals surface area contributed by atoms with Gasteiger partial charge in [-0.3, -0.25) is 9.59 Å². The van der Waals surface area contributed by atoms with E-state index in [-0.39, 0.29) is 16.3 Å². The molecule has 2 saturated heterocycles. The van der Waals surface area contributed by atoms with Gasteiger partial charge in [0.25, 0.3) is 5.91 Å². The van der Waals surface area contributed by atoms with E-state index in [1.165, 1.54) is 15.3 Å². The fourth-order valence-electron chi connectivity index (χ4n) is 2.87. The van der Waals surface area contributed by atoms with Gasteiger partial charge in [-0.05, 0) is 17.9 Å². The molecule has 1 atom stereocenters. The average molecular weight is 391 g/mol. The molecule has 1 unspecified atom stereocenters. The number of thioether (sulfide) groups is 1. The Bertz CT molecular complexity index is 739. The first-order valence-electron chi connectivity index (χ1n) is 7.58. The summed E-state index contributed by atoms with van der Waals surface area (Å²) in [6.07, 6.45) is 0.401. The summed E-state index contributed by atoms with van der Waals surface area (Å²) >= 11 is 2.81. The van der Waals surface area contributed by atoms with Crippen molar-refractivity contribution in [2.75, 3.05) is 37.7 Å². The summed E-state index contributed by atoms with van der Waals surface area (Å²) in [5, 5.41) is 10.7. The van der Waals surface area contributed by atoms with Gasteiger partial charge in [-0.2, -0.15) is 16.1 Å². The molecule has 1 aromatic rings. The van der Waals surface area contributed by atoms with Crippen LogP contribution >= 0.6 is 23.1 Å². The van der Waals surface area contributed by atoms with Gasteiger partial charge in [0.15, 0.2) is 0 Å². The molecule has 1 amide bonds. The number of carbonyl (C=O) groups excluding carboxylic acids is 1. The molecule has 2 fully saturated rings. The summed E-state index contributed by atoms with van der Waals surface area (Å²) < 4.78 is 27.1. The molecule has 0 radical (unpaired) electrons. The highest BCUT2D eigenvalue weighted by Gasteiger charge is 2.36. The Kier molecular flexibility index (Phi) is 5.19. The van der Waals surface area contributed by atoms with Gasteiger partial charge in [-0.25, -0.2) is 8.42 Å². The van der Waals surface area contributed by atoms with E-state index in [2.05, 4.69) is 0 Å². The molecular weight excluding hydrogens is 372 g/mol. The minimum atomic E-state index is -3.69. The molecular formula is C14H18N2O5S3. The molecule has 7 nitrogen and oxygen atoms in total. The zero-order valence-electron chi connectivity index (χ0n) is 12.9. The molecule has 0 spiro atoms. The number of amides is 1. The smallest absolute Gasteiger partial charge is 0.308 e. The van der Waals surface area contributed by atoms with Crippen molar-refractivity contribution < 1.29 is 23.1 Å². The predicted octanol–water partition coefficient (Wildman–Crippen LogP) is 1.03. The van der Waals surface area contributed by atoms with Gasteiger partial charge in [-0.15, -0.1) is 11.3 Å². The number of thiophene rings is 1. The van der Waals surface area contributed by atoms with Crippen molar-refractivity contribution in [2.45, 2.75) is 11.3 Å². The third kappa shape index (κ3) is 3.32. The maximum absolute atomic E-state index is 12.8. The van der Waals surface area contributed by atoms with E-state index < -0.39 is 27.8 Å². The number of carboxylic acids is 1. The van der Waals surface area contributed by atoms with Gasteiger partial charge < -0.3 is 10.0 Å². The molecule has 10 heteroatoms. The number of sulfonamides is 1. The van der Waals surface area contributed by atoms with Crippen molar-refractivity contribution in [3.63, 3.8) is 0 Å². The van der Waals surface area contributed by atoms with Gasteiger partial charge in [-0.1, -0.05) is 0 Å². The zero-order valence-corrected chi connectivity index (χ0v) is 15.3. The lowest BCUT2D eigenvalue weighted by Gasteiger charge is -2.26. The monoisotopic (exact) mass is 390 g/mol. The molecule has 132 valence electrons. The van der Waals surface area contributed by atoms with Crippen LogP contribution in [-0.2, 0) is 14.8 Å². The second kappa shape index (κ2) is 7.03. The van der Waals surface area contributed by atoms with E-state index in [4.69, 9.17) is 5.11 Å². The Hall–Kier alpha value is -1.10. The van der Waals surface area contributed by atoms with Crippen molar-refractivity contribution in [3.05, 3.63) is 16.3 Å². The highest BCUT2D eigenvalue weighted by atomic mass is 32.2. The van der Waals surface area contributed by atoms with Gasteiger partial charge in [0, 0.05) is 37.7 Å². The SMILES string of the molecule is O=C(O)C1CCN(C(=O)c2sccc2S(=O)(=O)N2CCSCC2)C1. The fraction of sp³-hybridized carbons (Fsp3) is 0.571. The first-order valence-corrected chi connectivity index (χ1v) is 11.1. The van der Waals surface area contributed by atoms with Crippen molar-refractivity contribution >= 4 is 45.0 Å². The first kappa shape index (κ1) is 17.7. The Morgan fingerprint density at radius 1 is 1.21 bits per heavy atom. The minimum absolute atomic E-state index is 0.0446. The summed E-state index contributed by atoms with van der Waals surface area (Å²) in [7, 11) is -3.69. The Balaban J connectivity index is 1.82. The lowest BCUT2D eigenvalue weighted by Crippen LogP contribution is -2.38. The van der Waals surface area contributed by atoms with Gasteiger partial charge in [0.1, 0.15) is 9.77 Å². The number of carboxylic acid groups (broad SMARTS) is 1. The summed E-state index contributed by atoms with van der Waals surface area (Å²) in [5.41, 5.74) is 0. The van der Waals surface area contributed by atoms with Gasteiger partial charge >= 0.3 is 5.97 Å². The molecule has 0 bridgehead atoms. The van der Waals surface area contributed by atoms with E-state index in [9.17, 15) is 18.0 Å². The van der Waals surface area contributed by atoms with Crippen LogP contribution in [0, 0.1) is 5.92 Å². The number of rotatable bonds is 4. The van der Waals surface area contributed by atoms with Crippen LogP contribution in [0.4, 0.5) is 0 Å². The van der Waals surface area contributed by atoms with Crippen molar-refractivity contribution in [1.82, 2.24) is 9.21 Å². The molecule has 24 heavy (non-hydrogen) atoms. The van der Waals surface area contributed by atoms with E-state index in [1.807, 2.05) is 0 Å². The fourth-order valence-corrected chi connectivity index (χ4v) is 6.81. The Morgan fingerprint density at radius 2 is 1.92 bits per heavy atom. The molecule has 3 heterocycles. The number of likely N-dealkylation sites (tertiary alicyclic amines) is 1. The quantitative estimate of drug-likeness (QED) is 0.825. The number of nitrogens with zero attached hydrogens (tertiary/aromatic N) is 2.